The largest absolute Gasteiger partial charge is 0.460 e. The summed E-state index contributed by atoms with van der Waals surface area (Å²) in [5, 5.41) is 19.9. The molecule has 8 atom stereocenters. The predicted molar refractivity (Wildman–Crippen MR) is 371 cm³/mol. The number of ether oxygens (including phenoxy) is 12. The number of nitrogens with one attached hydrogen (secondary N) is 8. The number of esters is 4. The number of hydrogen-bond donors (Lipinski definition) is 8. The summed E-state index contributed by atoms with van der Waals surface area (Å²) >= 11 is 0. The zero-order valence-electron chi connectivity index (χ0n) is 59.1. The van der Waals surface area contributed by atoms with Gasteiger partial charge in [0.25, 0.3) is 0 Å². The van der Waals surface area contributed by atoms with Crippen molar-refractivity contribution in [3.63, 3.8) is 0 Å². The fourth-order valence-corrected chi connectivity index (χ4v) is 8.97. The molecule has 0 fully saturated rings. The molecule has 0 saturated heterocycles. The number of terminal acetylenes is 8. The van der Waals surface area contributed by atoms with Gasteiger partial charge in [-0.2, -0.15) is 0 Å². The second kappa shape index (κ2) is 59.2. The van der Waals surface area contributed by atoms with Crippen LogP contribution >= 0.6 is 0 Å². The van der Waals surface area contributed by atoms with Crippen molar-refractivity contribution < 1.29 is 114 Å². The Bertz CT molecular complexity index is 2960. The number of unbranched alkanes of at least 4 members (excludes halogenated alkanes) is 4. The lowest BCUT2D eigenvalue weighted by Crippen LogP contribution is -2.51. The topological polar surface area (TPSA) is 418 Å². The quantitative estimate of drug-likeness (QED) is 0.0143. The number of alkyl carbamates (subject to hydrolysis) is 8. The van der Waals surface area contributed by atoms with Crippen molar-refractivity contribution in [1.82, 2.24) is 52.3 Å². The molecule has 8 unspecified atom stereocenters. The van der Waals surface area contributed by atoms with E-state index in [1.807, 2.05) is 0 Å². The Balaban J connectivity index is 7.84. The molecule has 0 aliphatic rings. The summed E-state index contributed by atoms with van der Waals surface area (Å²) < 4.78 is 63.3. The summed E-state index contributed by atoms with van der Waals surface area (Å²) in [6.07, 6.45) is 31.8. The molecule has 8 amide bonds. The van der Waals surface area contributed by atoms with Crippen molar-refractivity contribution >= 4 is 72.6 Å². The maximum atomic E-state index is 14.5. The van der Waals surface area contributed by atoms with Crippen molar-refractivity contribution in [2.45, 2.75) is 160 Å². The van der Waals surface area contributed by atoms with Crippen LogP contribution in [0.3, 0.4) is 0 Å². The lowest BCUT2D eigenvalue weighted by atomic mass is 10.1. The molecule has 570 valence electrons. The van der Waals surface area contributed by atoms with Crippen LogP contribution in [0.5, 0.6) is 0 Å². The van der Waals surface area contributed by atoms with Gasteiger partial charge in [0.15, 0.2) is 59.1 Å². The van der Waals surface area contributed by atoms with Crippen molar-refractivity contribution in [2.75, 3.05) is 112 Å². The molecular formula is C70H96N10O24. The molecule has 0 rings (SSSR count). The van der Waals surface area contributed by atoms with Crippen molar-refractivity contribution in [3.8, 4) is 98.8 Å². The lowest BCUT2D eigenvalue weighted by molar-refractivity contribution is -0.167. The van der Waals surface area contributed by atoms with Gasteiger partial charge in [-0.3, -0.25) is 9.80 Å². The standard InChI is InChI=1S/C70H96N10O24/c1-13-40-93-63(85)71-34-26-22-30-54(75-67(89)97-44-17-5)59(81)101-51(10)48-79(49-52(11)102-60(82)55(76-68(90)98-45-18-6)31-23-27-35-72-64(86)94-41-14-2)38-39-80(50-53(12)103-61(83)56(77-69(91)99-46-19-7)32-24-28-36-73-65(87)95-42-15-3)58(21-9)104-62(84)57(78-70(92)100-47-20-8)33-25-29-37-74-66(88)96-43-16-4/h1-8,51-58H,21-50H2,9-12H3,(H,71,85)(H,72,86)(H,73,87)(H,74,88)(H,75,89)(H,76,90)(H,77,91)(H,78,92). The molecule has 0 aliphatic heterocycles. The third-order valence-electron chi connectivity index (χ3n) is 13.5. The van der Waals surface area contributed by atoms with Crippen LogP contribution in [0.15, 0.2) is 0 Å². The molecule has 0 spiro atoms. The highest BCUT2D eigenvalue weighted by atomic mass is 16.6. The minimum absolute atomic E-state index is 0.00998. The van der Waals surface area contributed by atoms with E-state index >= 15 is 0 Å². The van der Waals surface area contributed by atoms with Gasteiger partial charge in [-0.15, -0.1) is 51.4 Å². The first-order valence-corrected chi connectivity index (χ1v) is 33.1. The van der Waals surface area contributed by atoms with E-state index in [0.717, 1.165) is 0 Å². The average Bonchev–Trinajstić information content (AvgIpc) is 0.869. The molecule has 8 N–H and O–H groups in total. The van der Waals surface area contributed by atoms with Gasteiger partial charge in [0.1, 0.15) is 42.5 Å². The minimum Gasteiger partial charge on any atom is -0.460 e. The fourth-order valence-electron chi connectivity index (χ4n) is 8.97. The number of carbonyl (C=O) groups is 12. The molecule has 34 heteroatoms. The third kappa shape index (κ3) is 47.5. The summed E-state index contributed by atoms with van der Waals surface area (Å²) in [5.74, 6) is 13.5. The fraction of sp³-hybridized carbons (Fsp3) is 0.600. The first-order valence-electron chi connectivity index (χ1n) is 33.1. The van der Waals surface area contributed by atoms with Gasteiger partial charge in [0.2, 0.25) is 0 Å². The summed E-state index contributed by atoms with van der Waals surface area (Å²) in [6, 6.07) is -5.44. The minimum atomic E-state index is -1.40. The van der Waals surface area contributed by atoms with E-state index in [0.29, 0.717) is 0 Å². The molecule has 0 radical (unpaired) electrons. The smallest absolute Gasteiger partial charge is 0.408 e. The van der Waals surface area contributed by atoms with E-state index < -0.39 is 148 Å². The van der Waals surface area contributed by atoms with Crippen LogP contribution in [0, 0.1) is 98.8 Å². The molecule has 104 heavy (non-hydrogen) atoms. The number of carbonyl (C=O) groups excluding carboxylic acids is 12. The van der Waals surface area contributed by atoms with Crippen molar-refractivity contribution in [1.29, 1.82) is 0 Å². The molecule has 0 aliphatic carbocycles. The molecule has 0 saturated carbocycles. The number of rotatable bonds is 51. The highest BCUT2D eigenvalue weighted by Gasteiger charge is 2.33. The Morgan fingerprint density at radius 3 is 0.788 bits per heavy atom. The molecule has 0 heterocycles. The zero-order valence-corrected chi connectivity index (χ0v) is 59.1. The van der Waals surface area contributed by atoms with Crippen LogP contribution in [-0.4, -0.2) is 243 Å². The maximum Gasteiger partial charge on any atom is 0.408 e. The normalized spacial score (nSPS) is 12.5. The van der Waals surface area contributed by atoms with Gasteiger partial charge in [0, 0.05) is 58.9 Å². The molecule has 0 aromatic rings. The van der Waals surface area contributed by atoms with Crippen LogP contribution in [-0.2, 0) is 76.0 Å². The number of amides is 8. The zero-order chi connectivity index (χ0) is 77.7. The Hall–Kier alpha value is -11.6. The van der Waals surface area contributed by atoms with Crippen LogP contribution in [0.1, 0.15) is 111 Å². The molecule has 0 aromatic heterocycles. The molecular weight excluding hydrogens is 1360 g/mol. The van der Waals surface area contributed by atoms with Gasteiger partial charge in [0.05, 0.1) is 0 Å². The number of hydrogen-bond acceptors (Lipinski definition) is 26. The average molecular weight is 1460 g/mol. The van der Waals surface area contributed by atoms with Gasteiger partial charge in [-0.1, -0.05) is 54.3 Å². The summed E-state index contributed by atoms with van der Waals surface area (Å²) in [6.45, 7) is 2.81. The van der Waals surface area contributed by atoms with E-state index in [2.05, 4.69) is 89.9 Å². The highest BCUT2D eigenvalue weighted by Crippen LogP contribution is 2.17. The van der Waals surface area contributed by atoms with E-state index in [1.165, 1.54) is 20.8 Å². The van der Waals surface area contributed by atoms with Crippen LogP contribution < -0.4 is 42.5 Å². The molecule has 0 aromatic carbocycles. The van der Waals surface area contributed by atoms with Crippen LogP contribution in [0.2, 0.25) is 0 Å². The molecule has 0 bridgehead atoms. The lowest BCUT2D eigenvalue weighted by Gasteiger charge is -2.36. The predicted octanol–water partition coefficient (Wildman–Crippen LogP) is 2.70. The Morgan fingerprint density at radius 2 is 0.548 bits per heavy atom. The number of nitrogens with zero attached hydrogens (tertiary/aromatic N) is 2. The van der Waals surface area contributed by atoms with E-state index in [9.17, 15) is 57.5 Å². The Labute approximate surface area is 607 Å². The van der Waals surface area contributed by atoms with E-state index in [4.69, 9.17) is 108 Å². The van der Waals surface area contributed by atoms with E-state index in [1.54, 1.807) is 16.7 Å². The summed E-state index contributed by atoms with van der Waals surface area (Å²) in [5.41, 5.74) is 0. The van der Waals surface area contributed by atoms with Crippen molar-refractivity contribution in [3.05, 3.63) is 0 Å². The monoisotopic (exact) mass is 1460 g/mol. The first-order chi connectivity index (χ1) is 49.9. The SMILES string of the molecule is C#CCOC(=O)NCCCCC(NC(=O)OCC#C)C(=O)OC(C)CN(CCN(CC(C)OC(=O)C(CCCCNC(=O)OCC#C)NC(=O)OCC#C)C(CC)OC(=O)C(CCCCNC(=O)OCC#C)NC(=O)OCC#C)CC(C)OC(=O)C(CCCCNC(=O)OCC#C)NC(=O)OCC#C. The van der Waals surface area contributed by atoms with Gasteiger partial charge in [-0.25, -0.2) is 57.5 Å². The molecule has 34 nitrogen and oxygen atoms in total. The summed E-state index contributed by atoms with van der Waals surface area (Å²) in [7, 11) is 0. The van der Waals surface area contributed by atoms with E-state index in [-0.39, 0.29) is 169 Å². The highest BCUT2D eigenvalue weighted by molar-refractivity contribution is 5.83. The second-order valence-corrected chi connectivity index (χ2v) is 22.0. The van der Waals surface area contributed by atoms with Crippen LogP contribution in [0.25, 0.3) is 0 Å². The van der Waals surface area contributed by atoms with Gasteiger partial charge in [-0.05, 0) is 104 Å². The Kier molecular flexibility index (Phi) is 52.6. The van der Waals surface area contributed by atoms with Gasteiger partial charge >= 0.3 is 72.6 Å². The van der Waals surface area contributed by atoms with Crippen LogP contribution in [0.4, 0.5) is 38.4 Å². The first kappa shape index (κ1) is 92.4. The van der Waals surface area contributed by atoms with Crippen molar-refractivity contribution in [2.24, 2.45) is 0 Å². The third-order valence-corrected chi connectivity index (χ3v) is 13.5. The second-order valence-electron chi connectivity index (χ2n) is 22.0. The maximum absolute atomic E-state index is 14.5. The summed E-state index contributed by atoms with van der Waals surface area (Å²) in [4.78, 5) is 160. The van der Waals surface area contributed by atoms with Gasteiger partial charge < -0.3 is 99.4 Å². The Morgan fingerprint density at radius 1 is 0.317 bits per heavy atom.